The van der Waals surface area contributed by atoms with Gasteiger partial charge < -0.3 is 48.9 Å². The molecule has 16 nitrogen and oxygen atoms in total. The molecular weight excluding hydrogens is 1300 g/mol. The molecule has 0 aliphatic rings. The second kappa shape index (κ2) is 33.8. The van der Waals surface area contributed by atoms with Crippen LogP contribution in [-0.4, -0.2) is 110 Å². The Morgan fingerprint density at radius 1 is 0.531 bits per heavy atom. The molecule has 0 saturated heterocycles. The lowest BCUT2D eigenvalue weighted by Crippen LogP contribution is -2.42. The van der Waals surface area contributed by atoms with Crippen molar-refractivity contribution >= 4 is 23.8 Å². The zero-order chi connectivity index (χ0) is 73.9. The number of aliphatic carboxylic acids is 1. The Kier molecular flexibility index (Phi) is 27.7. The Balaban J connectivity index is 0.000000354. The Morgan fingerprint density at radius 2 is 0.867 bits per heavy atom. The van der Waals surface area contributed by atoms with Gasteiger partial charge in [0.25, 0.3) is 11.1 Å². The normalized spacial score (nSPS) is 13.1. The van der Waals surface area contributed by atoms with E-state index in [0.29, 0.717) is 31.8 Å². The highest BCUT2D eigenvalue weighted by atomic mass is 19.4. The molecule has 3 N–H and O–H groups in total. The van der Waals surface area contributed by atoms with Gasteiger partial charge in [0.05, 0.1) is 45.8 Å². The number of nitrogens with one attached hydrogen (secondary N) is 2. The van der Waals surface area contributed by atoms with Crippen molar-refractivity contribution in [3.05, 3.63) is 172 Å². The minimum Gasteiger partial charge on any atom is -0.497 e. The van der Waals surface area contributed by atoms with E-state index in [1.165, 1.54) is 26.2 Å². The van der Waals surface area contributed by atoms with Gasteiger partial charge in [0.2, 0.25) is 23.4 Å². The monoisotopic (exact) mass is 1390 g/mol. The quantitative estimate of drug-likeness (QED) is 0.0327. The molecule has 2 heterocycles. The number of benzene rings is 4. The fraction of sp³-hybridized carbons (Fsp3) is 0.472. The largest absolute Gasteiger partial charge is 0.497 e. The summed E-state index contributed by atoms with van der Waals surface area (Å²) in [6.45, 7) is 19.1. The first kappa shape index (κ1) is 80.2. The number of carbonyl (C=O) groups is 4. The van der Waals surface area contributed by atoms with Crippen LogP contribution in [0.25, 0.3) is 22.3 Å². The third-order valence-electron chi connectivity index (χ3n) is 16.5. The number of nitrogens with zero attached hydrogens (tertiary/aromatic N) is 4. The molecule has 0 aliphatic carbocycles. The fourth-order valence-electron chi connectivity index (χ4n) is 12.0. The number of alkyl halides is 6. The van der Waals surface area contributed by atoms with Gasteiger partial charge in [0, 0.05) is 36.6 Å². The predicted octanol–water partition coefficient (Wildman–Crippen LogP) is 14.0. The van der Waals surface area contributed by atoms with Crippen LogP contribution >= 0.6 is 0 Å². The highest BCUT2D eigenvalue weighted by Crippen LogP contribution is 2.40. The average Bonchev–Trinajstić information content (AvgIpc) is 0.781. The van der Waals surface area contributed by atoms with Crippen LogP contribution < -0.4 is 31.2 Å². The van der Waals surface area contributed by atoms with Crippen LogP contribution in [0.5, 0.6) is 11.5 Å². The summed E-state index contributed by atoms with van der Waals surface area (Å²) in [6, 6.07) is 7.62. The summed E-state index contributed by atoms with van der Waals surface area (Å²) >= 11 is 0. The predicted molar refractivity (Wildman–Crippen MR) is 353 cm³/mol. The summed E-state index contributed by atoms with van der Waals surface area (Å²) in [5.74, 6) is -8.89. The number of carboxylic acid groups (broad SMARTS) is 1. The van der Waals surface area contributed by atoms with Crippen LogP contribution in [-0.2, 0) is 49.1 Å². The van der Waals surface area contributed by atoms with E-state index < -0.39 is 130 Å². The van der Waals surface area contributed by atoms with Crippen molar-refractivity contribution in [1.29, 1.82) is 0 Å². The van der Waals surface area contributed by atoms with Gasteiger partial charge in [0.1, 0.15) is 46.3 Å². The van der Waals surface area contributed by atoms with Crippen LogP contribution in [0.15, 0.2) is 70.5 Å². The lowest BCUT2D eigenvalue weighted by molar-refractivity contribution is -0.144. The van der Waals surface area contributed by atoms with Crippen molar-refractivity contribution in [2.24, 2.45) is 11.8 Å². The lowest BCUT2D eigenvalue weighted by Gasteiger charge is -2.27. The van der Waals surface area contributed by atoms with Gasteiger partial charge in [-0.1, -0.05) is 27.7 Å². The van der Waals surface area contributed by atoms with Crippen molar-refractivity contribution in [2.75, 3.05) is 62.1 Å². The molecule has 6 aromatic rings. The number of hydrogen-bond acceptors (Lipinski definition) is 11. The molecule has 6 rings (SSSR count). The number of carboxylic acids is 1. The Hall–Kier alpha value is -8.52. The molecule has 0 saturated carbocycles. The number of likely N-dealkylation sites (N-methyl/N-ethyl adjacent to an activating group) is 2. The standard InChI is InChI=1S/C37H46F5N3O5.C35H42F5N3O5/c1-10-50-30(46)18-28(27-17-25(14-23(6)33(27)38)31-21(4)15-26(49-9)16-22(31)5)43-35(47)29(13-20(2)3)45-19-24(11-12-44(7)8)32(37(40,41)42)34(39)36(45)48;1-18(2)11-27(43-17-22(9-10-42(6)7)30(35(38,39)40)32(37)34(43)47)33(46)41-26(16-28(44)45)25-15-23(12-21(5)31(25)36)29-19(3)13-24(48-8)14-20(29)4/h14-17,19-20,28-29H,10-13,18H2,1-9H3,(H,43,47);12-15,17-18,26-27H,9-11,16H2,1-8H3,(H,41,46)(H,44,45)/t28-,29?;26-,27?/m00/s1. The summed E-state index contributed by atoms with van der Waals surface area (Å²) in [7, 11) is 9.56. The number of ether oxygens (including phenoxy) is 3. The van der Waals surface area contributed by atoms with Gasteiger partial charge in [-0.25, -0.2) is 17.6 Å². The first-order valence-corrected chi connectivity index (χ1v) is 31.8. The van der Waals surface area contributed by atoms with E-state index >= 15 is 17.6 Å². The van der Waals surface area contributed by atoms with Crippen LogP contribution in [0.4, 0.5) is 43.9 Å². The average molecular weight is 1390 g/mol. The summed E-state index contributed by atoms with van der Waals surface area (Å²) < 4.78 is 163. The second-order valence-electron chi connectivity index (χ2n) is 25.9. The molecule has 0 aliphatic heterocycles. The summed E-state index contributed by atoms with van der Waals surface area (Å²) in [4.78, 5) is 82.5. The van der Waals surface area contributed by atoms with Crippen molar-refractivity contribution in [1.82, 2.24) is 29.6 Å². The van der Waals surface area contributed by atoms with Crippen molar-refractivity contribution in [3.63, 3.8) is 0 Å². The Labute approximate surface area is 564 Å². The highest BCUT2D eigenvalue weighted by molar-refractivity contribution is 5.83. The van der Waals surface area contributed by atoms with E-state index in [9.17, 15) is 60.2 Å². The van der Waals surface area contributed by atoms with E-state index in [2.05, 4.69) is 10.6 Å². The number of aryl methyl sites for hydroxylation is 6. The summed E-state index contributed by atoms with van der Waals surface area (Å²) in [5, 5.41) is 15.0. The molecule has 0 bridgehead atoms. The number of pyridine rings is 2. The molecule has 0 radical (unpaired) electrons. The maximum absolute atomic E-state index is 16.0. The molecular formula is C72H88F10N6O10. The molecule has 4 atom stereocenters. The first-order chi connectivity index (χ1) is 45.6. The third kappa shape index (κ3) is 20.1. The molecule has 0 fully saturated rings. The molecule has 2 amide bonds. The SMILES string of the molecule is CCOC(=O)C[C@H](NC(=O)C(CC(C)C)n1cc(CCN(C)C)c(C(F)(F)F)c(F)c1=O)c1cc(-c2c(C)cc(OC)cc2C)cc(C)c1F.COc1cc(C)c(-c2cc(C)c(F)c([C@H](CC(=O)O)NC(=O)C(CC(C)C)n3cc(CCN(C)C)c(C(F)(F)F)c(F)c3=O)c2)c(C)c1. The topological polar surface area (TPSA) is 191 Å². The van der Waals surface area contributed by atoms with Crippen LogP contribution in [0, 0.1) is 76.6 Å². The summed E-state index contributed by atoms with van der Waals surface area (Å²) in [6.07, 6.45) is -10.6. The number of halogens is 10. The van der Waals surface area contributed by atoms with Gasteiger partial charge >= 0.3 is 24.3 Å². The van der Waals surface area contributed by atoms with E-state index in [-0.39, 0.29) is 79.5 Å². The number of rotatable bonds is 27. The lowest BCUT2D eigenvalue weighted by atomic mass is 9.90. The first-order valence-electron chi connectivity index (χ1n) is 31.8. The van der Waals surface area contributed by atoms with Gasteiger partial charge in [-0.05, 0) is 229 Å². The number of methoxy groups -OCH3 is 2. The Bertz CT molecular complexity index is 3960. The fourth-order valence-corrected chi connectivity index (χ4v) is 12.0. The molecule has 2 unspecified atom stereocenters. The van der Waals surface area contributed by atoms with E-state index in [4.69, 9.17) is 14.2 Å². The highest BCUT2D eigenvalue weighted by Gasteiger charge is 2.42. The molecule has 2 aromatic heterocycles. The molecule has 0 spiro atoms. The smallest absolute Gasteiger partial charge is 0.419 e. The van der Waals surface area contributed by atoms with Crippen LogP contribution in [0.1, 0.15) is 151 Å². The van der Waals surface area contributed by atoms with Crippen molar-refractivity contribution in [2.45, 2.75) is 151 Å². The third-order valence-corrected chi connectivity index (χ3v) is 16.5. The van der Waals surface area contributed by atoms with Gasteiger partial charge in [-0.15, -0.1) is 0 Å². The van der Waals surface area contributed by atoms with E-state index in [1.807, 2.05) is 39.8 Å². The zero-order valence-electron chi connectivity index (χ0n) is 58.3. The number of carbonyl (C=O) groups excluding carboxylic acids is 3. The Morgan fingerprint density at radius 3 is 1.15 bits per heavy atom. The molecule has 98 heavy (non-hydrogen) atoms. The van der Waals surface area contributed by atoms with Crippen LogP contribution in [0.3, 0.4) is 0 Å². The molecule has 536 valence electrons. The molecule has 4 aromatic carbocycles. The minimum absolute atomic E-state index is 0.0111. The van der Waals surface area contributed by atoms with Crippen LogP contribution in [0.2, 0.25) is 0 Å². The maximum atomic E-state index is 16.0. The zero-order valence-corrected chi connectivity index (χ0v) is 58.3. The summed E-state index contributed by atoms with van der Waals surface area (Å²) in [5.41, 5.74) is -1.51. The van der Waals surface area contributed by atoms with Gasteiger partial charge in [-0.3, -0.25) is 28.8 Å². The van der Waals surface area contributed by atoms with Gasteiger partial charge in [0.15, 0.2) is 0 Å². The number of aromatic nitrogens is 2. The van der Waals surface area contributed by atoms with Gasteiger partial charge in [-0.2, -0.15) is 26.3 Å². The minimum atomic E-state index is -5.17. The van der Waals surface area contributed by atoms with E-state index in [0.717, 1.165) is 45.8 Å². The van der Waals surface area contributed by atoms with E-state index in [1.54, 1.807) is 111 Å². The van der Waals surface area contributed by atoms with Crippen molar-refractivity contribution in [3.8, 4) is 33.8 Å². The number of esters is 1. The molecule has 26 heteroatoms. The number of amides is 2. The second-order valence-corrected chi connectivity index (χ2v) is 25.9. The maximum Gasteiger partial charge on any atom is 0.419 e. The number of hydrogen-bond donors (Lipinski definition) is 3. The van der Waals surface area contributed by atoms with Crippen molar-refractivity contribution < 1.29 is 82.4 Å².